The van der Waals surface area contributed by atoms with Crippen molar-refractivity contribution >= 4 is 0 Å². The van der Waals surface area contributed by atoms with E-state index < -0.39 is 0 Å². The average molecular weight is 592 g/mol. The standard InChI is InChI=1S/C39H61NO3/c1-26-6-9-29(10-7-26)25-42-31-14-16-38(4)30(22-31)11-12-32-33(38)15-17-39(5)34(32)23-36-37(39)28(3)35(43-36)13-8-27(2)24-40-18-20-41-21-19-40/h6-7,9-10,27-28,30-37H,8,11-25H2,1-5H3/t27-,28+,30+,31-,32+,33-,34-,35+,36-,37-,38-,39-/m0/s1. The van der Waals surface area contributed by atoms with Crippen molar-refractivity contribution in [2.24, 2.45) is 52.3 Å². The molecule has 43 heavy (non-hydrogen) atoms. The molecule has 1 aromatic rings. The van der Waals surface area contributed by atoms with E-state index in [-0.39, 0.29) is 0 Å². The maximum absolute atomic E-state index is 7.04. The molecule has 0 spiro atoms. The number of aryl methyl sites for hydroxylation is 1. The van der Waals surface area contributed by atoms with Crippen molar-refractivity contribution < 1.29 is 14.2 Å². The third-order valence-electron chi connectivity index (χ3n) is 14.4. The molecule has 2 saturated heterocycles. The van der Waals surface area contributed by atoms with Crippen LogP contribution in [0.15, 0.2) is 24.3 Å². The van der Waals surface area contributed by atoms with Gasteiger partial charge in [-0.2, -0.15) is 0 Å². The lowest BCUT2D eigenvalue weighted by Crippen LogP contribution is -2.54. The highest BCUT2D eigenvalue weighted by molar-refractivity contribution is 5.20. The van der Waals surface area contributed by atoms with Crippen molar-refractivity contribution in [2.75, 3.05) is 32.8 Å². The Bertz CT molecular complexity index is 1080. The molecule has 12 atom stereocenters. The average Bonchev–Trinajstić information content (AvgIpc) is 3.49. The predicted octanol–water partition coefficient (Wildman–Crippen LogP) is 8.30. The van der Waals surface area contributed by atoms with Crippen molar-refractivity contribution in [1.29, 1.82) is 0 Å². The van der Waals surface area contributed by atoms with Gasteiger partial charge in [0.1, 0.15) is 0 Å². The Hall–Kier alpha value is -0.940. The summed E-state index contributed by atoms with van der Waals surface area (Å²) in [4.78, 5) is 2.60. The maximum Gasteiger partial charge on any atom is 0.0720 e. The molecular formula is C39H61NO3. The molecule has 0 bridgehead atoms. The molecule has 0 unspecified atom stereocenters. The smallest absolute Gasteiger partial charge is 0.0720 e. The molecule has 7 rings (SSSR count). The fraction of sp³-hybridized carbons (Fsp3) is 0.846. The van der Waals surface area contributed by atoms with Crippen molar-refractivity contribution in [2.45, 2.75) is 124 Å². The molecule has 4 saturated carbocycles. The molecule has 6 fully saturated rings. The minimum atomic E-state index is 0.443. The van der Waals surface area contributed by atoms with Crippen LogP contribution in [0.5, 0.6) is 0 Å². The SMILES string of the molecule is Cc1ccc(CO[C@H]2CC[C@@]3(C)[C@H](CC[C@@H]4[C@@H]3CC[C@]3(C)[C@H]5[C@H](C)[C@@H](CC[C@H](C)CN6CCOCC6)O[C@H]5C[C@@H]43)C2)cc1. The Balaban J connectivity index is 0.942. The van der Waals surface area contributed by atoms with Gasteiger partial charge < -0.3 is 14.2 Å². The first-order valence-electron chi connectivity index (χ1n) is 18.4. The third-order valence-corrected chi connectivity index (χ3v) is 14.4. The summed E-state index contributed by atoms with van der Waals surface area (Å²) >= 11 is 0. The Kier molecular flexibility index (Phi) is 8.81. The zero-order valence-corrected chi connectivity index (χ0v) is 28.1. The first-order chi connectivity index (χ1) is 20.7. The van der Waals surface area contributed by atoms with Gasteiger partial charge in [-0.05, 0) is 129 Å². The monoisotopic (exact) mass is 591 g/mol. The van der Waals surface area contributed by atoms with E-state index >= 15 is 0 Å². The van der Waals surface area contributed by atoms with E-state index in [1.165, 1.54) is 81.9 Å². The number of hydrogen-bond acceptors (Lipinski definition) is 4. The predicted molar refractivity (Wildman–Crippen MR) is 174 cm³/mol. The molecule has 4 heteroatoms. The fourth-order valence-corrected chi connectivity index (χ4v) is 12.1. The van der Waals surface area contributed by atoms with Gasteiger partial charge in [0.25, 0.3) is 0 Å². The largest absolute Gasteiger partial charge is 0.379 e. The van der Waals surface area contributed by atoms with Crippen LogP contribution in [0.1, 0.15) is 103 Å². The molecule has 4 nitrogen and oxygen atoms in total. The van der Waals surface area contributed by atoms with Gasteiger partial charge in [-0.25, -0.2) is 0 Å². The molecule has 0 radical (unpaired) electrons. The Morgan fingerprint density at radius 2 is 1.72 bits per heavy atom. The van der Waals surface area contributed by atoms with Crippen molar-refractivity contribution in [3.63, 3.8) is 0 Å². The summed E-state index contributed by atoms with van der Waals surface area (Å²) in [6.07, 6.45) is 15.0. The van der Waals surface area contributed by atoms with Crippen LogP contribution in [0.4, 0.5) is 0 Å². The van der Waals surface area contributed by atoms with E-state index in [0.29, 0.717) is 35.1 Å². The zero-order valence-electron chi connectivity index (χ0n) is 28.1. The first kappa shape index (κ1) is 30.7. The number of rotatable bonds is 8. The second-order valence-electron chi connectivity index (χ2n) is 16.8. The second-order valence-corrected chi connectivity index (χ2v) is 16.8. The Morgan fingerprint density at radius 1 is 0.953 bits per heavy atom. The molecule has 240 valence electrons. The number of fused-ring (bicyclic) bond motifs is 7. The summed E-state index contributed by atoms with van der Waals surface area (Å²) in [6, 6.07) is 8.91. The van der Waals surface area contributed by atoms with Gasteiger partial charge >= 0.3 is 0 Å². The van der Waals surface area contributed by atoms with Gasteiger partial charge in [0, 0.05) is 19.6 Å². The van der Waals surface area contributed by atoms with E-state index in [2.05, 4.69) is 63.8 Å². The number of benzene rings is 1. The molecule has 0 N–H and O–H groups in total. The van der Waals surface area contributed by atoms with Crippen LogP contribution in [-0.4, -0.2) is 56.1 Å². The van der Waals surface area contributed by atoms with Gasteiger partial charge in [0.05, 0.1) is 38.1 Å². The number of morpholine rings is 1. The highest BCUT2D eigenvalue weighted by Gasteiger charge is 2.65. The topological polar surface area (TPSA) is 30.9 Å². The van der Waals surface area contributed by atoms with Gasteiger partial charge in [-0.3, -0.25) is 4.90 Å². The van der Waals surface area contributed by atoms with E-state index in [9.17, 15) is 0 Å². The molecule has 1 aromatic carbocycles. The summed E-state index contributed by atoms with van der Waals surface area (Å²) in [5, 5.41) is 0. The molecule has 4 aliphatic carbocycles. The third kappa shape index (κ3) is 5.79. The summed E-state index contributed by atoms with van der Waals surface area (Å²) in [7, 11) is 0. The number of ether oxygens (including phenoxy) is 3. The van der Waals surface area contributed by atoms with Crippen molar-refractivity contribution in [3.8, 4) is 0 Å². The normalized spacial score (nSPS) is 45.2. The molecule has 6 aliphatic rings. The van der Waals surface area contributed by atoms with Gasteiger partial charge in [0.2, 0.25) is 0 Å². The van der Waals surface area contributed by atoms with E-state index in [4.69, 9.17) is 14.2 Å². The lowest BCUT2D eigenvalue weighted by Gasteiger charge is -2.61. The molecule has 0 amide bonds. The molecule has 0 aromatic heterocycles. The van der Waals surface area contributed by atoms with E-state index in [1.54, 1.807) is 0 Å². The Morgan fingerprint density at radius 3 is 2.51 bits per heavy atom. The molecule has 2 aliphatic heterocycles. The summed E-state index contributed by atoms with van der Waals surface area (Å²) in [5.41, 5.74) is 3.64. The van der Waals surface area contributed by atoms with Crippen LogP contribution < -0.4 is 0 Å². The maximum atomic E-state index is 7.04. The fourth-order valence-electron chi connectivity index (χ4n) is 12.1. The molecule has 2 heterocycles. The number of nitrogens with zero attached hydrogens (tertiary/aromatic N) is 1. The summed E-state index contributed by atoms with van der Waals surface area (Å²) < 4.78 is 19.1. The molecular weight excluding hydrogens is 530 g/mol. The second kappa shape index (κ2) is 12.3. The highest BCUT2D eigenvalue weighted by Crippen LogP contribution is 2.70. The minimum Gasteiger partial charge on any atom is -0.379 e. The van der Waals surface area contributed by atoms with Crippen LogP contribution in [0.25, 0.3) is 0 Å². The lowest BCUT2D eigenvalue weighted by atomic mass is 9.44. The van der Waals surface area contributed by atoms with Crippen molar-refractivity contribution in [1.82, 2.24) is 4.90 Å². The minimum absolute atomic E-state index is 0.443. The van der Waals surface area contributed by atoms with Crippen molar-refractivity contribution in [3.05, 3.63) is 35.4 Å². The summed E-state index contributed by atoms with van der Waals surface area (Å²) in [5.74, 6) is 5.77. The highest BCUT2D eigenvalue weighted by atomic mass is 16.5. The summed E-state index contributed by atoms with van der Waals surface area (Å²) in [6.45, 7) is 18.6. The van der Waals surface area contributed by atoms with Crippen LogP contribution in [0.2, 0.25) is 0 Å². The van der Waals surface area contributed by atoms with Crippen LogP contribution in [-0.2, 0) is 20.8 Å². The van der Waals surface area contributed by atoms with E-state index in [1.807, 2.05) is 0 Å². The zero-order chi connectivity index (χ0) is 29.8. The lowest BCUT2D eigenvalue weighted by molar-refractivity contribution is -0.139. The van der Waals surface area contributed by atoms with Crippen LogP contribution >= 0.6 is 0 Å². The Labute approximate surface area is 263 Å². The van der Waals surface area contributed by atoms with Crippen LogP contribution in [0, 0.1) is 59.2 Å². The quantitative estimate of drug-likeness (QED) is 0.304. The van der Waals surface area contributed by atoms with Crippen LogP contribution in [0.3, 0.4) is 0 Å². The van der Waals surface area contributed by atoms with Gasteiger partial charge in [0.15, 0.2) is 0 Å². The van der Waals surface area contributed by atoms with Gasteiger partial charge in [-0.1, -0.05) is 57.5 Å². The first-order valence-corrected chi connectivity index (χ1v) is 18.4. The van der Waals surface area contributed by atoms with Gasteiger partial charge in [-0.15, -0.1) is 0 Å². The van der Waals surface area contributed by atoms with E-state index in [0.717, 1.165) is 68.4 Å². The number of hydrogen-bond donors (Lipinski definition) is 0.